The Morgan fingerprint density at radius 3 is 2.31 bits per heavy atom. The zero-order chi connectivity index (χ0) is 18.5. The lowest BCUT2D eigenvalue weighted by molar-refractivity contribution is -0.132. The molecule has 1 heterocycles. The minimum absolute atomic E-state index is 0.310. The van der Waals surface area contributed by atoms with E-state index in [-0.39, 0.29) is 0 Å². The summed E-state index contributed by atoms with van der Waals surface area (Å²) in [6, 6.07) is 9.91. The van der Waals surface area contributed by atoms with Gasteiger partial charge in [0.05, 0.1) is 18.9 Å². The first-order valence-corrected chi connectivity index (χ1v) is 7.51. The van der Waals surface area contributed by atoms with Crippen molar-refractivity contribution in [1.82, 2.24) is 4.98 Å². The maximum absolute atomic E-state index is 12.9. The highest BCUT2D eigenvalue weighted by atomic mass is 19.1. The molecule has 8 heteroatoms. The van der Waals surface area contributed by atoms with Crippen molar-refractivity contribution in [2.75, 3.05) is 17.7 Å². The number of halogens is 1. The first-order chi connectivity index (χ1) is 12.6. The predicted octanol–water partition coefficient (Wildman–Crippen LogP) is 3.07. The topological polar surface area (TPSA) is 93.5 Å². The Morgan fingerprint density at radius 2 is 1.69 bits per heavy atom. The Kier molecular flexibility index (Phi) is 4.93. The second-order valence-electron chi connectivity index (χ2n) is 5.20. The zero-order valence-electron chi connectivity index (χ0n) is 13.7. The molecule has 0 bridgehead atoms. The smallest absolute Gasteiger partial charge is 0.314 e. The molecule has 2 amide bonds. The molecule has 2 N–H and O–H groups in total. The molecule has 0 aliphatic carbocycles. The highest BCUT2D eigenvalue weighted by molar-refractivity contribution is 6.43. The van der Waals surface area contributed by atoms with E-state index in [0.29, 0.717) is 28.4 Å². The molecular formula is C18H14FN3O4. The SMILES string of the molecule is COc1cc(NC(=O)C(=O)Nc2ccc(F)cc2)ccc1-c1cnco1. The number of rotatable bonds is 4. The molecule has 26 heavy (non-hydrogen) atoms. The van der Waals surface area contributed by atoms with Crippen LogP contribution in [-0.2, 0) is 9.59 Å². The molecule has 0 spiro atoms. The number of methoxy groups -OCH3 is 1. The van der Waals surface area contributed by atoms with Crippen LogP contribution in [0.2, 0.25) is 0 Å². The van der Waals surface area contributed by atoms with E-state index in [9.17, 15) is 14.0 Å². The van der Waals surface area contributed by atoms with E-state index in [0.717, 1.165) is 0 Å². The molecule has 2 aromatic carbocycles. The van der Waals surface area contributed by atoms with Crippen molar-refractivity contribution in [3.63, 3.8) is 0 Å². The summed E-state index contributed by atoms with van der Waals surface area (Å²) in [5, 5.41) is 4.85. The van der Waals surface area contributed by atoms with E-state index in [1.807, 2.05) is 0 Å². The maximum Gasteiger partial charge on any atom is 0.314 e. The van der Waals surface area contributed by atoms with Crippen LogP contribution in [-0.4, -0.2) is 23.9 Å². The Morgan fingerprint density at radius 1 is 1.04 bits per heavy atom. The van der Waals surface area contributed by atoms with Gasteiger partial charge in [0.15, 0.2) is 12.2 Å². The summed E-state index contributed by atoms with van der Waals surface area (Å²) in [7, 11) is 1.47. The Hall–Kier alpha value is -3.68. The molecule has 0 radical (unpaired) electrons. The Bertz CT molecular complexity index is 924. The minimum atomic E-state index is -0.880. The predicted molar refractivity (Wildman–Crippen MR) is 92.2 cm³/mol. The van der Waals surface area contributed by atoms with Gasteiger partial charge in [-0.1, -0.05) is 0 Å². The average Bonchev–Trinajstić information content (AvgIpc) is 3.18. The lowest BCUT2D eigenvalue weighted by atomic mass is 10.1. The van der Waals surface area contributed by atoms with Crippen molar-refractivity contribution in [3.05, 3.63) is 60.9 Å². The number of benzene rings is 2. The number of aromatic nitrogens is 1. The van der Waals surface area contributed by atoms with Crippen LogP contribution in [0.3, 0.4) is 0 Å². The third-order valence-electron chi connectivity index (χ3n) is 3.47. The van der Waals surface area contributed by atoms with E-state index in [4.69, 9.17) is 9.15 Å². The molecule has 7 nitrogen and oxygen atoms in total. The van der Waals surface area contributed by atoms with Crippen molar-refractivity contribution in [3.8, 4) is 17.1 Å². The molecule has 0 aliphatic heterocycles. The van der Waals surface area contributed by atoms with Gasteiger partial charge in [-0.25, -0.2) is 9.37 Å². The van der Waals surface area contributed by atoms with Crippen LogP contribution >= 0.6 is 0 Å². The third kappa shape index (κ3) is 3.86. The van der Waals surface area contributed by atoms with Gasteiger partial charge in [-0.05, 0) is 36.4 Å². The summed E-state index contributed by atoms with van der Waals surface area (Å²) in [4.78, 5) is 27.8. The third-order valence-corrected chi connectivity index (χ3v) is 3.47. The number of oxazole rings is 1. The van der Waals surface area contributed by atoms with Gasteiger partial charge >= 0.3 is 11.8 Å². The number of nitrogens with zero attached hydrogens (tertiary/aromatic N) is 1. The largest absolute Gasteiger partial charge is 0.496 e. The molecule has 0 unspecified atom stereocenters. The summed E-state index contributed by atoms with van der Waals surface area (Å²) in [5.41, 5.74) is 1.33. The molecule has 0 atom stereocenters. The van der Waals surface area contributed by atoms with E-state index in [1.54, 1.807) is 18.2 Å². The Balaban J connectivity index is 1.70. The monoisotopic (exact) mass is 355 g/mol. The number of carbonyl (C=O) groups excluding carboxylic acids is 2. The van der Waals surface area contributed by atoms with Crippen LogP contribution in [0.4, 0.5) is 15.8 Å². The fourth-order valence-corrected chi connectivity index (χ4v) is 2.23. The molecule has 3 rings (SSSR count). The highest BCUT2D eigenvalue weighted by Gasteiger charge is 2.16. The number of hydrogen-bond donors (Lipinski definition) is 2. The van der Waals surface area contributed by atoms with Crippen LogP contribution in [0.15, 0.2) is 59.5 Å². The number of ether oxygens (including phenoxy) is 1. The van der Waals surface area contributed by atoms with E-state index >= 15 is 0 Å². The fraction of sp³-hybridized carbons (Fsp3) is 0.0556. The minimum Gasteiger partial charge on any atom is -0.496 e. The van der Waals surface area contributed by atoms with E-state index < -0.39 is 17.6 Å². The number of anilines is 2. The van der Waals surface area contributed by atoms with Crippen LogP contribution in [0.5, 0.6) is 5.75 Å². The van der Waals surface area contributed by atoms with Gasteiger partial charge < -0.3 is 19.8 Å². The van der Waals surface area contributed by atoms with Crippen LogP contribution in [0, 0.1) is 5.82 Å². The fourth-order valence-electron chi connectivity index (χ4n) is 2.23. The summed E-state index contributed by atoms with van der Waals surface area (Å²) < 4.78 is 23.4. The van der Waals surface area contributed by atoms with Gasteiger partial charge in [0.1, 0.15) is 11.6 Å². The quantitative estimate of drug-likeness (QED) is 0.702. The molecule has 3 aromatic rings. The lowest BCUT2D eigenvalue weighted by Gasteiger charge is -2.10. The summed E-state index contributed by atoms with van der Waals surface area (Å²) >= 11 is 0. The molecule has 1 aromatic heterocycles. The number of amides is 2. The summed E-state index contributed by atoms with van der Waals surface area (Å²) in [6.07, 6.45) is 2.83. The molecule has 0 fully saturated rings. The van der Waals surface area contributed by atoms with Gasteiger partial charge in [0, 0.05) is 17.4 Å². The van der Waals surface area contributed by atoms with E-state index in [1.165, 1.54) is 44.0 Å². The first-order valence-electron chi connectivity index (χ1n) is 7.51. The zero-order valence-corrected chi connectivity index (χ0v) is 13.7. The molecule has 0 saturated carbocycles. The second kappa shape index (κ2) is 7.47. The second-order valence-corrected chi connectivity index (χ2v) is 5.20. The van der Waals surface area contributed by atoms with Crippen molar-refractivity contribution in [2.24, 2.45) is 0 Å². The van der Waals surface area contributed by atoms with Gasteiger partial charge in [-0.15, -0.1) is 0 Å². The first kappa shape index (κ1) is 17.2. The lowest BCUT2D eigenvalue weighted by Crippen LogP contribution is -2.29. The molecule has 132 valence electrons. The van der Waals surface area contributed by atoms with E-state index in [2.05, 4.69) is 15.6 Å². The molecule has 0 saturated heterocycles. The number of hydrogen-bond acceptors (Lipinski definition) is 5. The average molecular weight is 355 g/mol. The normalized spacial score (nSPS) is 10.2. The van der Waals surface area contributed by atoms with Crippen molar-refractivity contribution >= 4 is 23.2 Å². The molecular weight excluding hydrogens is 341 g/mol. The standard InChI is InChI=1S/C18H14FN3O4/c1-25-15-8-13(6-7-14(15)16-9-20-10-26-16)22-18(24)17(23)21-12-4-2-11(19)3-5-12/h2-10H,1H3,(H,21,23)(H,22,24). The summed E-state index contributed by atoms with van der Waals surface area (Å²) in [6.45, 7) is 0. The van der Waals surface area contributed by atoms with Gasteiger partial charge in [0.25, 0.3) is 0 Å². The number of nitrogens with one attached hydrogen (secondary N) is 2. The number of carbonyl (C=O) groups is 2. The highest BCUT2D eigenvalue weighted by Crippen LogP contribution is 2.32. The maximum atomic E-state index is 12.9. The van der Waals surface area contributed by atoms with Crippen LogP contribution < -0.4 is 15.4 Å². The van der Waals surface area contributed by atoms with Gasteiger partial charge in [0.2, 0.25) is 0 Å². The molecule has 0 aliphatic rings. The van der Waals surface area contributed by atoms with Crippen molar-refractivity contribution in [1.29, 1.82) is 0 Å². The van der Waals surface area contributed by atoms with Crippen molar-refractivity contribution in [2.45, 2.75) is 0 Å². The van der Waals surface area contributed by atoms with Gasteiger partial charge in [-0.2, -0.15) is 0 Å². The van der Waals surface area contributed by atoms with Crippen molar-refractivity contribution < 1.29 is 23.1 Å². The van der Waals surface area contributed by atoms with Crippen LogP contribution in [0.1, 0.15) is 0 Å². The summed E-state index contributed by atoms with van der Waals surface area (Å²) in [5.74, 6) is -1.24. The van der Waals surface area contributed by atoms with Crippen LogP contribution in [0.25, 0.3) is 11.3 Å². The Labute approximate surface area is 147 Å². The van der Waals surface area contributed by atoms with Gasteiger partial charge in [-0.3, -0.25) is 9.59 Å².